The molecule has 0 aliphatic carbocycles. The number of rotatable bonds is 3. The van der Waals surface area contributed by atoms with Gasteiger partial charge in [0.2, 0.25) is 5.91 Å². The van der Waals surface area contributed by atoms with Crippen molar-refractivity contribution < 1.29 is 13.2 Å². The Balaban J connectivity index is 2.27. The van der Waals surface area contributed by atoms with Crippen LogP contribution in [-0.4, -0.2) is 37.6 Å². The molecule has 0 bridgehead atoms. The molecule has 0 saturated carbocycles. The molecule has 0 aromatic heterocycles. The highest BCUT2D eigenvalue weighted by atomic mass is 35.5. The number of carbonyl (C=O) groups excluding carboxylic acids is 1. The number of nitrogens with two attached hydrogens (primary N) is 1. The van der Waals surface area contributed by atoms with Crippen LogP contribution in [0.3, 0.4) is 0 Å². The number of anilines is 1. The van der Waals surface area contributed by atoms with Gasteiger partial charge >= 0.3 is 0 Å². The fourth-order valence-electron chi connectivity index (χ4n) is 2.44. The molecule has 1 aliphatic rings. The summed E-state index contributed by atoms with van der Waals surface area (Å²) in [5.41, 5.74) is 5.95. The van der Waals surface area contributed by atoms with E-state index in [4.69, 9.17) is 17.3 Å². The predicted molar refractivity (Wildman–Crippen MR) is 82.9 cm³/mol. The second kappa shape index (κ2) is 6.23. The van der Waals surface area contributed by atoms with E-state index >= 15 is 0 Å². The van der Waals surface area contributed by atoms with Gasteiger partial charge in [-0.2, -0.15) is 0 Å². The fourth-order valence-corrected chi connectivity index (χ4v) is 4.34. The van der Waals surface area contributed by atoms with Gasteiger partial charge in [0, 0.05) is 18.8 Å². The van der Waals surface area contributed by atoms with Gasteiger partial charge in [-0.3, -0.25) is 4.79 Å². The number of nitrogens with zero attached hydrogens (tertiary/aromatic N) is 1. The number of halogens is 1. The fraction of sp³-hybridized carbons (Fsp3) is 0.500. The number of carbonyl (C=O) groups is 1. The van der Waals surface area contributed by atoms with Crippen LogP contribution < -0.4 is 5.73 Å². The molecule has 1 unspecified atom stereocenters. The van der Waals surface area contributed by atoms with E-state index in [0.717, 1.165) is 19.3 Å². The van der Waals surface area contributed by atoms with Crippen molar-refractivity contribution in [2.24, 2.45) is 0 Å². The molecule has 1 amide bonds. The number of benzene rings is 1. The molecular weight excluding hydrogens is 312 g/mol. The van der Waals surface area contributed by atoms with Gasteiger partial charge < -0.3 is 10.6 Å². The molecule has 1 atom stereocenters. The highest BCUT2D eigenvalue weighted by molar-refractivity contribution is 7.92. The number of amides is 1. The smallest absolute Gasteiger partial charge is 0.241 e. The van der Waals surface area contributed by atoms with E-state index in [-0.39, 0.29) is 15.8 Å². The third-order valence-electron chi connectivity index (χ3n) is 3.74. The lowest BCUT2D eigenvalue weighted by atomic mass is 10.1. The summed E-state index contributed by atoms with van der Waals surface area (Å²) in [7, 11) is -3.81. The maximum absolute atomic E-state index is 12.6. The normalized spacial score (nSPS) is 17.5. The monoisotopic (exact) mass is 330 g/mol. The molecule has 1 heterocycles. The van der Waals surface area contributed by atoms with Crippen LogP contribution in [0, 0.1) is 0 Å². The van der Waals surface area contributed by atoms with Crippen molar-refractivity contribution in [2.45, 2.75) is 36.3 Å². The van der Waals surface area contributed by atoms with Crippen LogP contribution in [0.25, 0.3) is 0 Å². The first-order valence-corrected chi connectivity index (χ1v) is 8.84. The SMILES string of the molecule is CC(C(=O)N1CCCCC1)S(=O)(=O)c1ccc(N)cc1Cl. The van der Waals surface area contributed by atoms with Gasteiger partial charge in [0.05, 0.1) is 9.92 Å². The molecule has 2 N–H and O–H groups in total. The Hall–Kier alpha value is -1.27. The molecule has 7 heteroatoms. The van der Waals surface area contributed by atoms with Crippen molar-refractivity contribution in [3.63, 3.8) is 0 Å². The van der Waals surface area contributed by atoms with Crippen LogP contribution >= 0.6 is 11.6 Å². The number of piperidine rings is 1. The van der Waals surface area contributed by atoms with Crippen molar-refractivity contribution in [3.8, 4) is 0 Å². The standard InChI is InChI=1S/C14H19ClN2O3S/c1-10(14(18)17-7-3-2-4-8-17)21(19,20)13-6-5-11(16)9-12(13)15/h5-6,9-10H,2-4,7-8,16H2,1H3. The molecule has 0 spiro atoms. The summed E-state index contributed by atoms with van der Waals surface area (Å²) < 4.78 is 25.2. The summed E-state index contributed by atoms with van der Waals surface area (Å²) in [6, 6.07) is 4.20. The van der Waals surface area contributed by atoms with Crippen molar-refractivity contribution in [2.75, 3.05) is 18.8 Å². The van der Waals surface area contributed by atoms with E-state index in [2.05, 4.69) is 0 Å². The lowest BCUT2D eigenvalue weighted by Gasteiger charge is -2.29. The van der Waals surface area contributed by atoms with E-state index in [1.165, 1.54) is 25.1 Å². The molecule has 1 aromatic rings. The Morgan fingerprint density at radius 3 is 2.48 bits per heavy atom. The predicted octanol–water partition coefficient (Wildman–Crippen LogP) is 2.10. The first-order valence-electron chi connectivity index (χ1n) is 6.92. The van der Waals surface area contributed by atoms with E-state index < -0.39 is 15.1 Å². The lowest BCUT2D eigenvalue weighted by molar-refractivity contribution is -0.131. The maximum Gasteiger partial charge on any atom is 0.241 e. The molecule has 1 fully saturated rings. The summed E-state index contributed by atoms with van der Waals surface area (Å²) >= 11 is 5.96. The second-order valence-corrected chi connectivity index (χ2v) is 7.91. The number of sulfone groups is 1. The number of hydrogen-bond acceptors (Lipinski definition) is 4. The van der Waals surface area contributed by atoms with Crippen molar-refractivity contribution >= 4 is 33.0 Å². The van der Waals surface area contributed by atoms with Gasteiger partial charge in [-0.05, 0) is 44.4 Å². The third-order valence-corrected chi connectivity index (χ3v) is 6.27. The van der Waals surface area contributed by atoms with Crippen LogP contribution in [0.1, 0.15) is 26.2 Å². The minimum Gasteiger partial charge on any atom is -0.399 e. The first kappa shape index (κ1) is 16.1. The Bertz CT molecular complexity index is 640. The number of likely N-dealkylation sites (tertiary alicyclic amines) is 1. The van der Waals surface area contributed by atoms with Gasteiger partial charge in [0.15, 0.2) is 9.84 Å². The highest BCUT2D eigenvalue weighted by Gasteiger charge is 2.34. The maximum atomic E-state index is 12.6. The van der Waals surface area contributed by atoms with Crippen molar-refractivity contribution in [1.29, 1.82) is 0 Å². The van der Waals surface area contributed by atoms with Gasteiger partial charge in [-0.15, -0.1) is 0 Å². The van der Waals surface area contributed by atoms with E-state index in [9.17, 15) is 13.2 Å². The Labute approximate surface area is 130 Å². The average molecular weight is 331 g/mol. The van der Waals surface area contributed by atoms with Crippen LogP contribution in [0.2, 0.25) is 5.02 Å². The molecule has 21 heavy (non-hydrogen) atoms. The summed E-state index contributed by atoms with van der Waals surface area (Å²) in [6.45, 7) is 2.65. The Kier molecular flexibility index (Phi) is 4.78. The average Bonchev–Trinajstić information content (AvgIpc) is 2.46. The molecule has 2 rings (SSSR count). The number of nitrogen functional groups attached to an aromatic ring is 1. The van der Waals surface area contributed by atoms with Gasteiger partial charge in [-0.1, -0.05) is 11.6 Å². The molecule has 116 valence electrons. The second-order valence-electron chi connectivity index (χ2n) is 5.26. The van der Waals surface area contributed by atoms with Crippen LogP contribution in [0.4, 0.5) is 5.69 Å². The molecule has 0 radical (unpaired) electrons. The zero-order chi connectivity index (χ0) is 15.6. The van der Waals surface area contributed by atoms with Crippen LogP contribution in [0.5, 0.6) is 0 Å². The topological polar surface area (TPSA) is 80.5 Å². The van der Waals surface area contributed by atoms with E-state index in [1.54, 1.807) is 4.90 Å². The Morgan fingerprint density at radius 2 is 1.90 bits per heavy atom. The quantitative estimate of drug-likeness (QED) is 0.860. The van der Waals surface area contributed by atoms with Crippen LogP contribution in [0.15, 0.2) is 23.1 Å². The summed E-state index contributed by atoms with van der Waals surface area (Å²) in [6.07, 6.45) is 2.91. The molecule has 1 aliphatic heterocycles. The van der Waals surface area contributed by atoms with Gasteiger partial charge in [0.25, 0.3) is 0 Å². The summed E-state index contributed by atoms with van der Waals surface area (Å²) in [5.74, 6) is -0.359. The van der Waals surface area contributed by atoms with Gasteiger partial charge in [-0.25, -0.2) is 8.42 Å². The highest BCUT2D eigenvalue weighted by Crippen LogP contribution is 2.28. The molecule has 1 aromatic carbocycles. The van der Waals surface area contributed by atoms with Crippen molar-refractivity contribution in [3.05, 3.63) is 23.2 Å². The minimum atomic E-state index is -3.81. The Morgan fingerprint density at radius 1 is 1.29 bits per heavy atom. The zero-order valence-electron chi connectivity index (χ0n) is 11.9. The number of hydrogen-bond donors (Lipinski definition) is 1. The molecular formula is C14H19ClN2O3S. The molecule has 5 nitrogen and oxygen atoms in total. The lowest BCUT2D eigenvalue weighted by Crippen LogP contribution is -2.44. The van der Waals surface area contributed by atoms with E-state index in [0.29, 0.717) is 18.8 Å². The van der Waals surface area contributed by atoms with Crippen LogP contribution in [-0.2, 0) is 14.6 Å². The third kappa shape index (κ3) is 3.32. The first-order chi connectivity index (χ1) is 9.84. The van der Waals surface area contributed by atoms with Gasteiger partial charge in [0.1, 0.15) is 5.25 Å². The minimum absolute atomic E-state index is 0.0452. The summed E-state index contributed by atoms with van der Waals surface area (Å²) in [5, 5.41) is -1.09. The summed E-state index contributed by atoms with van der Waals surface area (Å²) in [4.78, 5) is 14.0. The molecule has 1 saturated heterocycles. The van der Waals surface area contributed by atoms with E-state index in [1.807, 2.05) is 0 Å². The van der Waals surface area contributed by atoms with Crippen molar-refractivity contribution in [1.82, 2.24) is 4.90 Å². The largest absolute Gasteiger partial charge is 0.399 e. The zero-order valence-corrected chi connectivity index (χ0v) is 13.5.